The third kappa shape index (κ3) is 3.04. The second kappa shape index (κ2) is 6.81. The number of nitrogen functional groups attached to an aromatic ring is 1. The number of anilines is 1. The lowest BCUT2D eigenvalue weighted by Crippen LogP contribution is -2.03. The summed E-state index contributed by atoms with van der Waals surface area (Å²) in [7, 11) is 0. The Morgan fingerprint density at radius 3 is 2.44 bits per heavy atom. The van der Waals surface area contributed by atoms with E-state index in [1.165, 1.54) is 0 Å². The first kappa shape index (κ1) is 17.2. The summed E-state index contributed by atoms with van der Waals surface area (Å²) in [5, 5.41) is 0. The van der Waals surface area contributed by atoms with E-state index in [0.29, 0.717) is 18.3 Å². The average molecular weight is 358 g/mol. The molecule has 3 aromatic heterocycles. The van der Waals surface area contributed by atoms with E-state index < -0.39 is 0 Å². The number of aromatic nitrogens is 4. The van der Waals surface area contributed by atoms with Crippen molar-refractivity contribution in [3.05, 3.63) is 66.0 Å². The molecule has 0 spiro atoms. The standard InChI is InChI=1S/C21H22N6/c1-13(2)17-9-10-18-21(25-17)27(15-7-5-14(12-22)6-8-15)20(26-18)16-4-3-11-24-19(16)23/h3-11,13H,12,22H2,1-2H3,(H2,23,24). The Morgan fingerprint density at radius 1 is 1.00 bits per heavy atom. The van der Waals surface area contributed by atoms with Crippen LogP contribution in [0.25, 0.3) is 28.2 Å². The van der Waals surface area contributed by atoms with Crippen LogP contribution in [0.2, 0.25) is 0 Å². The highest BCUT2D eigenvalue weighted by atomic mass is 15.1. The predicted octanol–water partition coefficient (Wildman–Crippen LogP) is 3.65. The summed E-state index contributed by atoms with van der Waals surface area (Å²) in [6, 6.07) is 15.9. The minimum atomic E-state index is 0.323. The lowest BCUT2D eigenvalue weighted by atomic mass is 10.1. The second-order valence-corrected chi connectivity index (χ2v) is 6.81. The van der Waals surface area contributed by atoms with Crippen LogP contribution in [0.4, 0.5) is 5.82 Å². The van der Waals surface area contributed by atoms with E-state index >= 15 is 0 Å². The van der Waals surface area contributed by atoms with Crippen molar-refractivity contribution in [1.82, 2.24) is 19.5 Å². The summed E-state index contributed by atoms with van der Waals surface area (Å²) in [5.41, 5.74) is 17.3. The third-order valence-corrected chi connectivity index (χ3v) is 4.63. The first-order valence-corrected chi connectivity index (χ1v) is 8.98. The number of benzene rings is 1. The van der Waals surface area contributed by atoms with Crippen molar-refractivity contribution in [3.63, 3.8) is 0 Å². The normalized spacial score (nSPS) is 11.4. The van der Waals surface area contributed by atoms with E-state index in [9.17, 15) is 0 Å². The highest BCUT2D eigenvalue weighted by Crippen LogP contribution is 2.31. The molecule has 4 aromatic rings. The van der Waals surface area contributed by atoms with Gasteiger partial charge in [-0.05, 0) is 47.9 Å². The SMILES string of the molecule is CC(C)c1ccc2nc(-c3cccnc3N)n(-c3ccc(CN)cc3)c2n1. The lowest BCUT2D eigenvalue weighted by Gasteiger charge is -2.11. The summed E-state index contributed by atoms with van der Waals surface area (Å²) in [4.78, 5) is 13.9. The number of hydrogen-bond acceptors (Lipinski definition) is 5. The van der Waals surface area contributed by atoms with E-state index in [4.69, 9.17) is 21.4 Å². The predicted molar refractivity (Wildman–Crippen MR) is 108 cm³/mol. The van der Waals surface area contributed by atoms with Crippen molar-refractivity contribution < 1.29 is 0 Å². The van der Waals surface area contributed by atoms with Gasteiger partial charge in [-0.15, -0.1) is 0 Å². The first-order valence-electron chi connectivity index (χ1n) is 8.98. The van der Waals surface area contributed by atoms with Crippen LogP contribution in [0.5, 0.6) is 0 Å². The molecule has 27 heavy (non-hydrogen) atoms. The number of fused-ring (bicyclic) bond motifs is 1. The minimum absolute atomic E-state index is 0.323. The molecule has 3 heterocycles. The Morgan fingerprint density at radius 2 is 1.78 bits per heavy atom. The van der Waals surface area contributed by atoms with Crippen molar-refractivity contribution in [2.24, 2.45) is 5.73 Å². The molecule has 0 aliphatic heterocycles. The number of nitrogens with zero attached hydrogens (tertiary/aromatic N) is 4. The maximum absolute atomic E-state index is 6.14. The number of rotatable bonds is 4. The topological polar surface area (TPSA) is 95.6 Å². The van der Waals surface area contributed by atoms with Gasteiger partial charge in [-0.3, -0.25) is 4.57 Å². The molecular weight excluding hydrogens is 336 g/mol. The summed E-state index contributed by atoms with van der Waals surface area (Å²) in [5.74, 6) is 1.49. The molecule has 0 atom stereocenters. The third-order valence-electron chi connectivity index (χ3n) is 4.63. The summed E-state index contributed by atoms with van der Waals surface area (Å²) in [6.45, 7) is 4.76. The molecule has 0 amide bonds. The van der Waals surface area contributed by atoms with Gasteiger partial charge in [-0.25, -0.2) is 15.0 Å². The fourth-order valence-electron chi connectivity index (χ4n) is 3.11. The van der Waals surface area contributed by atoms with Gasteiger partial charge in [0.15, 0.2) is 11.5 Å². The number of imidazole rings is 1. The molecule has 0 aliphatic rings. The number of hydrogen-bond donors (Lipinski definition) is 2. The monoisotopic (exact) mass is 358 g/mol. The van der Waals surface area contributed by atoms with Gasteiger partial charge in [0.25, 0.3) is 0 Å². The van der Waals surface area contributed by atoms with Crippen LogP contribution in [-0.4, -0.2) is 19.5 Å². The van der Waals surface area contributed by atoms with Gasteiger partial charge >= 0.3 is 0 Å². The van der Waals surface area contributed by atoms with Gasteiger partial charge in [0, 0.05) is 24.1 Å². The Kier molecular flexibility index (Phi) is 4.33. The van der Waals surface area contributed by atoms with Crippen molar-refractivity contribution in [3.8, 4) is 17.1 Å². The highest BCUT2D eigenvalue weighted by molar-refractivity contribution is 5.82. The Bertz CT molecular complexity index is 1100. The first-order chi connectivity index (χ1) is 13.1. The van der Waals surface area contributed by atoms with Gasteiger partial charge in [-0.1, -0.05) is 26.0 Å². The molecule has 0 fully saturated rings. The average Bonchev–Trinajstić information content (AvgIpc) is 3.06. The lowest BCUT2D eigenvalue weighted by molar-refractivity contribution is 0.826. The Hall–Kier alpha value is -3.25. The van der Waals surface area contributed by atoms with Crippen LogP contribution in [0.15, 0.2) is 54.7 Å². The molecule has 4 rings (SSSR count). The fourth-order valence-corrected chi connectivity index (χ4v) is 3.11. The second-order valence-electron chi connectivity index (χ2n) is 6.81. The molecule has 0 saturated carbocycles. The van der Waals surface area contributed by atoms with Crippen molar-refractivity contribution in [1.29, 1.82) is 0 Å². The molecule has 136 valence electrons. The van der Waals surface area contributed by atoms with Crippen molar-refractivity contribution >= 4 is 17.0 Å². The van der Waals surface area contributed by atoms with Crippen molar-refractivity contribution in [2.45, 2.75) is 26.3 Å². The summed E-state index contributed by atoms with van der Waals surface area (Å²) >= 11 is 0. The Labute approximate surface area is 157 Å². The maximum Gasteiger partial charge on any atom is 0.165 e. The zero-order chi connectivity index (χ0) is 19.0. The molecule has 4 N–H and O–H groups in total. The zero-order valence-electron chi connectivity index (χ0n) is 15.4. The number of pyridine rings is 2. The number of nitrogens with two attached hydrogens (primary N) is 2. The fraction of sp³-hybridized carbons (Fsp3) is 0.190. The largest absolute Gasteiger partial charge is 0.383 e. The molecule has 6 heteroatoms. The van der Waals surface area contributed by atoms with Crippen LogP contribution in [0.3, 0.4) is 0 Å². The molecule has 0 aliphatic carbocycles. The highest BCUT2D eigenvalue weighted by Gasteiger charge is 2.18. The van der Waals surface area contributed by atoms with Gasteiger partial charge in [0.05, 0.1) is 5.56 Å². The molecule has 6 nitrogen and oxygen atoms in total. The van der Waals surface area contributed by atoms with Crippen LogP contribution < -0.4 is 11.5 Å². The zero-order valence-corrected chi connectivity index (χ0v) is 15.4. The molecule has 0 radical (unpaired) electrons. The van der Waals surface area contributed by atoms with E-state index in [1.54, 1.807) is 6.20 Å². The van der Waals surface area contributed by atoms with E-state index in [1.807, 2.05) is 53.1 Å². The van der Waals surface area contributed by atoms with E-state index in [-0.39, 0.29) is 0 Å². The van der Waals surface area contributed by atoms with Gasteiger partial charge in [0.1, 0.15) is 11.3 Å². The maximum atomic E-state index is 6.14. The smallest absolute Gasteiger partial charge is 0.165 e. The quantitative estimate of drug-likeness (QED) is 0.580. The van der Waals surface area contributed by atoms with Gasteiger partial charge < -0.3 is 11.5 Å². The minimum Gasteiger partial charge on any atom is -0.383 e. The van der Waals surface area contributed by atoms with Crippen LogP contribution in [0.1, 0.15) is 31.0 Å². The molecule has 1 aromatic carbocycles. The van der Waals surface area contributed by atoms with E-state index in [2.05, 4.69) is 18.8 Å². The van der Waals surface area contributed by atoms with Gasteiger partial charge in [-0.2, -0.15) is 0 Å². The van der Waals surface area contributed by atoms with E-state index in [0.717, 1.165) is 39.5 Å². The summed E-state index contributed by atoms with van der Waals surface area (Å²) in [6.07, 6.45) is 1.68. The molecule has 0 unspecified atom stereocenters. The van der Waals surface area contributed by atoms with Crippen molar-refractivity contribution in [2.75, 3.05) is 5.73 Å². The van der Waals surface area contributed by atoms with Gasteiger partial charge in [0.2, 0.25) is 0 Å². The summed E-state index contributed by atoms with van der Waals surface area (Å²) < 4.78 is 2.04. The molecule has 0 bridgehead atoms. The Balaban J connectivity index is 2.03. The molecular formula is C21H22N6. The van der Waals surface area contributed by atoms with Crippen LogP contribution in [0, 0.1) is 0 Å². The van der Waals surface area contributed by atoms with Crippen LogP contribution in [-0.2, 0) is 6.54 Å². The van der Waals surface area contributed by atoms with Crippen LogP contribution >= 0.6 is 0 Å². The molecule has 0 saturated heterocycles.